The van der Waals surface area contributed by atoms with Crippen molar-refractivity contribution in [1.82, 2.24) is 4.57 Å². The Balaban J connectivity index is 1.79. The lowest BCUT2D eigenvalue weighted by Crippen LogP contribution is -2.40. The highest BCUT2D eigenvalue weighted by Gasteiger charge is 2.34. The first-order chi connectivity index (χ1) is 17.8. The third kappa shape index (κ3) is 4.49. The second kappa shape index (κ2) is 10.00. The minimum atomic E-state index is -0.771. The number of benzene rings is 3. The van der Waals surface area contributed by atoms with Gasteiger partial charge in [0.15, 0.2) is 4.80 Å². The van der Waals surface area contributed by atoms with Crippen LogP contribution in [0.4, 0.5) is 0 Å². The Morgan fingerprint density at radius 3 is 2.57 bits per heavy atom. The number of ether oxygens (including phenoxy) is 2. The van der Waals surface area contributed by atoms with Crippen LogP contribution in [-0.4, -0.2) is 23.8 Å². The molecule has 0 saturated heterocycles. The number of hydrogen-bond acceptors (Lipinski definition) is 6. The van der Waals surface area contributed by atoms with Crippen LogP contribution in [-0.2, 0) is 9.53 Å². The van der Waals surface area contributed by atoms with Gasteiger partial charge in [0, 0.05) is 10.6 Å². The molecule has 6 nitrogen and oxygen atoms in total. The number of carbonyl (C=O) groups is 1. The number of aromatic nitrogens is 1. The summed E-state index contributed by atoms with van der Waals surface area (Å²) in [4.78, 5) is 32.4. The number of esters is 1. The topological polar surface area (TPSA) is 69.9 Å². The van der Waals surface area contributed by atoms with Crippen molar-refractivity contribution in [3.63, 3.8) is 0 Å². The maximum atomic E-state index is 14.0. The van der Waals surface area contributed by atoms with E-state index >= 15 is 0 Å². The highest BCUT2D eigenvalue weighted by molar-refractivity contribution is 7.07. The van der Waals surface area contributed by atoms with Crippen LogP contribution in [0.1, 0.15) is 37.9 Å². The molecule has 1 unspecified atom stereocenters. The summed E-state index contributed by atoms with van der Waals surface area (Å²) in [5.41, 5.74) is 1.94. The van der Waals surface area contributed by atoms with E-state index in [1.807, 2.05) is 60.7 Å². The number of allylic oxidation sites excluding steroid dienone is 1. The zero-order chi connectivity index (χ0) is 26.3. The standard InChI is InChI=1S/C29H25ClN2O4S/c1-16(2)36-28(34)25-17(3)31-29-32(26(25)20-11-7-8-12-22(20)30)27(33)24(37-29)15-21-19-10-6-5-9-18(19)13-14-23(21)35-4/h5-16,26H,1-4H3. The van der Waals surface area contributed by atoms with E-state index < -0.39 is 12.0 Å². The first kappa shape index (κ1) is 25.0. The van der Waals surface area contributed by atoms with E-state index in [1.54, 1.807) is 38.5 Å². The fourth-order valence-corrected chi connectivity index (χ4v) is 5.85. The Morgan fingerprint density at radius 1 is 1.11 bits per heavy atom. The van der Waals surface area contributed by atoms with Crippen LogP contribution < -0.4 is 19.6 Å². The van der Waals surface area contributed by atoms with Gasteiger partial charge in [-0.05, 0) is 55.3 Å². The first-order valence-electron chi connectivity index (χ1n) is 11.8. The van der Waals surface area contributed by atoms with Crippen LogP contribution in [0, 0.1) is 0 Å². The number of methoxy groups -OCH3 is 1. The molecular weight excluding hydrogens is 508 g/mol. The number of fused-ring (bicyclic) bond motifs is 2. The molecule has 0 spiro atoms. The third-order valence-corrected chi connectivity index (χ3v) is 7.54. The van der Waals surface area contributed by atoms with Crippen LogP contribution in [0.5, 0.6) is 5.75 Å². The Hall–Kier alpha value is -3.68. The van der Waals surface area contributed by atoms with Crippen LogP contribution in [0.15, 0.2) is 81.7 Å². The summed E-state index contributed by atoms with van der Waals surface area (Å²) >= 11 is 7.86. The minimum absolute atomic E-state index is 0.272. The maximum absolute atomic E-state index is 14.0. The molecule has 37 heavy (non-hydrogen) atoms. The molecule has 0 radical (unpaired) electrons. The highest BCUT2D eigenvalue weighted by atomic mass is 35.5. The molecule has 3 aromatic carbocycles. The van der Waals surface area contributed by atoms with E-state index in [9.17, 15) is 9.59 Å². The van der Waals surface area contributed by atoms with Crippen molar-refractivity contribution in [3.05, 3.63) is 108 Å². The molecule has 0 N–H and O–H groups in total. The summed E-state index contributed by atoms with van der Waals surface area (Å²) in [6, 6.07) is 18.2. The predicted molar refractivity (Wildman–Crippen MR) is 147 cm³/mol. The van der Waals surface area contributed by atoms with E-state index in [0.717, 1.165) is 16.3 Å². The summed E-state index contributed by atoms with van der Waals surface area (Å²) in [5.74, 6) is 0.135. The van der Waals surface area contributed by atoms with E-state index in [1.165, 1.54) is 11.3 Å². The van der Waals surface area contributed by atoms with E-state index in [-0.39, 0.29) is 11.7 Å². The lowest BCUT2D eigenvalue weighted by atomic mass is 9.96. The summed E-state index contributed by atoms with van der Waals surface area (Å²) in [6.07, 6.45) is 1.50. The smallest absolute Gasteiger partial charge is 0.338 e. The molecule has 0 aliphatic carbocycles. The van der Waals surface area contributed by atoms with Crippen molar-refractivity contribution in [1.29, 1.82) is 0 Å². The van der Waals surface area contributed by atoms with Crippen LogP contribution in [0.2, 0.25) is 5.02 Å². The zero-order valence-corrected chi connectivity index (χ0v) is 22.4. The second-order valence-corrected chi connectivity index (χ2v) is 10.4. The van der Waals surface area contributed by atoms with Crippen molar-refractivity contribution in [2.45, 2.75) is 32.9 Å². The zero-order valence-electron chi connectivity index (χ0n) is 20.8. The molecule has 1 aromatic heterocycles. The summed E-state index contributed by atoms with van der Waals surface area (Å²) in [5, 5.41) is 2.45. The van der Waals surface area contributed by atoms with Gasteiger partial charge >= 0.3 is 5.97 Å². The maximum Gasteiger partial charge on any atom is 0.338 e. The highest BCUT2D eigenvalue weighted by Crippen LogP contribution is 2.35. The van der Waals surface area contributed by atoms with Crippen molar-refractivity contribution in [2.24, 2.45) is 4.99 Å². The summed E-state index contributed by atoms with van der Waals surface area (Å²) in [7, 11) is 1.61. The SMILES string of the molecule is COc1ccc2ccccc2c1C=c1sc2n(c1=O)C(c1ccccc1Cl)C(C(=O)OC(C)C)=C(C)N=2. The fourth-order valence-electron chi connectivity index (χ4n) is 4.58. The molecule has 0 amide bonds. The van der Waals surface area contributed by atoms with Gasteiger partial charge in [-0.3, -0.25) is 9.36 Å². The molecule has 2 heterocycles. The van der Waals surface area contributed by atoms with Crippen molar-refractivity contribution in [2.75, 3.05) is 7.11 Å². The van der Waals surface area contributed by atoms with Crippen molar-refractivity contribution >= 4 is 45.8 Å². The second-order valence-electron chi connectivity index (χ2n) is 8.96. The average molecular weight is 533 g/mol. The summed E-state index contributed by atoms with van der Waals surface area (Å²) in [6.45, 7) is 5.32. The Labute approximate surface area is 222 Å². The quantitative estimate of drug-likeness (QED) is 0.339. The number of carbonyl (C=O) groups excluding carboxylic acids is 1. The minimum Gasteiger partial charge on any atom is -0.496 e. The molecular formula is C29H25ClN2O4S. The van der Waals surface area contributed by atoms with Gasteiger partial charge in [-0.1, -0.05) is 71.5 Å². The van der Waals surface area contributed by atoms with Gasteiger partial charge in [-0.25, -0.2) is 9.79 Å². The van der Waals surface area contributed by atoms with Gasteiger partial charge in [0.25, 0.3) is 5.56 Å². The van der Waals surface area contributed by atoms with Crippen molar-refractivity contribution in [3.8, 4) is 5.75 Å². The number of nitrogens with zero attached hydrogens (tertiary/aromatic N) is 2. The molecule has 1 aliphatic heterocycles. The Kier molecular flexibility index (Phi) is 6.75. The van der Waals surface area contributed by atoms with Crippen LogP contribution >= 0.6 is 22.9 Å². The van der Waals surface area contributed by atoms with E-state index in [2.05, 4.69) is 4.99 Å². The molecule has 188 valence electrons. The molecule has 0 bridgehead atoms. The van der Waals surface area contributed by atoms with Crippen molar-refractivity contribution < 1.29 is 14.3 Å². The van der Waals surface area contributed by atoms with Crippen LogP contribution in [0.3, 0.4) is 0 Å². The van der Waals surface area contributed by atoms with Gasteiger partial charge in [-0.2, -0.15) is 0 Å². The third-order valence-electron chi connectivity index (χ3n) is 6.21. The Morgan fingerprint density at radius 2 is 1.84 bits per heavy atom. The molecule has 0 fully saturated rings. The number of hydrogen-bond donors (Lipinski definition) is 0. The largest absolute Gasteiger partial charge is 0.496 e. The Bertz CT molecular complexity index is 1750. The lowest BCUT2D eigenvalue weighted by Gasteiger charge is -2.26. The molecule has 1 atom stereocenters. The van der Waals surface area contributed by atoms with Gasteiger partial charge in [-0.15, -0.1) is 0 Å². The predicted octanol–water partition coefficient (Wildman–Crippen LogP) is 5.00. The molecule has 0 saturated carbocycles. The monoisotopic (exact) mass is 532 g/mol. The number of thiazole rings is 1. The van der Waals surface area contributed by atoms with Gasteiger partial charge in [0.1, 0.15) is 11.8 Å². The molecule has 5 rings (SSSR count). The van der Waals surface area contributed by atoms with E-state index in [0.29, 0.717) is 36.9 Å². The number of halogens is 1. The normalized spacial score (nSPS) is 15.6. The summed E-state index contributed by atoms with van der Waals surface area (Å²) < 4.78 is 13.2. The molecule has 8 heteroatoms. The number of rotatable bonds is 5. The van der Waals surface area contributed by atoms with Gasteiger partial charge in [0.2, 0.25) is 0 Å². The van der Waals surface area contributed by atoms with Gasteiger partial charge < -0.3 is 9.47 Å². The van der Waals surface area contributed by atoms with Crippen LogP contribution in [0.25, 0.3) is 16.8 Å². The first-order valence-corrected chi connectivity index (χ1v) is 13.0. The molecule has 1 aliphatic rings. The van der Waals surface area contributed by atoms with Gasteiger partial charge in [0.05, 0.1) is 29.0 Å². The average Bonchev–Trinajstić information content (AvgIpc) is 3.17. The van der Waals surface area contributed by atoms with E-state index in [4.69, 9.17) is 21.1 Å². The molecule has 4 aromatic rings. The lowest BCUT2D eigenvalue weighted by molar-refractivity contribution is -0.143. The fraction of sp³-hybridized carbons (Fsp3) is 0.207.